The predicted molar refractivity (Wildman–Crippen MR) is 123 cm³/mol. The predicted octanol–water partition coefficient (Wildman–Crippen LogP) is 4.22. The number of non-ortho nitro benzene ring substituents is 1. The molecule has 31 heavy (non-hydrogen) atoms. The zero-order valence-corrected chi connectivity index (χ0v) is 17.4. The van der Waals surface area contributed by atoms with Crippen molar-refractivity contribution in [1.82, 2.24) is 9.97 Å². The molecule has 1 saturated carbocycles. The maximum Gasteiger partial charge on any atom is 0.269 e. The normalized spacial score (nSPS) is 17.3. The van der Waals surface area contributed by atoms with Crippen molar-refractivity contribution in [2.24, 2.45) is 0 Å². The second-order valence-electron chi connectivity index (χ2n) is 8.26. The Kier molecular flexibility index (Phi) is 5.28. The maximum atomic E-state index is 10.9. The Morgan fingerprint density at radius 2 is 1.58 bits per heavy atom. The van der Waals surface area contributed by atoms with Crippen LogP contribution in [0, 0.1) is 10.1 Å². The number of piperazine rings is 1. The molecule has 160 valence electrons. The van der Waals surface area contributed by atoms with Crippen LogP contribution in [0.15, 0.2) is 48.5 Å². The van der Waals surface area contributed by atoms with E-state index >= 15 is 0 Å². The minimum absolute atomic E-state index is 0.120. The molecule has 2 heterocycles. The van der Waals surface area contributed by atoms with Crippen molar-refractivity contribution in [2.75, 3.05) is 41.3 Å². The van der Waals surface area contributed by atoms with Gasteiger partial charge in [-0.2, -0.15) is 4.98 Å². The molecule has 0 amide bonds. The third-order valence-electron chi connectivity index (χ3n) is 6.28. The maximum absolute atomic E-state index is 10.9. The van der Waals surface area contributed by atoms with E-state index in [1.165, 1.54) is 25.7 Å². The minimum atomic E-state index is -0.365. The van der Waals surface area contributed by atoms with E-state index in [4.69, 9.17) is 9.97 Å². The van der Waals surface area contributed by atoms with Crippen molar-refractivity contribution in [3.05, 3.63) is 58.6 Å². The van der Waals surface area contributed by atoms with Crippen LogP contribution in [0.1, 0.15) is 25.7 Å². The number of nitro groups is 1. The van der Waals surface area contributed by atoms with E-state index < -0.39 is 0 Å². The molecule has 0 atom stereocenters. The smallest absolute Gasteiger partial charge is 0.269 e. The lowest BCUT2D eigenvalue weighted by molar-refractivity contribution is -0.384. The molecule has 8 nitrogen and oxygen atoms in total. The summed E-state index contributed by atoms with van der Waals surface area (Å²) < 4.78 is 0. The number of rotatable bonds is 5. The fourth-order valence-electron chi connectivity index (χ4n) is 4.53. The van der Waals surface area contributed by atoms with Gasteiger partial charge < -0.3 is 15.1 Å². The number of nitrogens with zero attached hydrogens (tertiary/aromatic N) is 5. The first-order valence-electron chi connectivity index (χ1n) is 10.9. The highest BCUT2D eigenvalue weighted by atomic mass is 16.6. The Hall–Kier alpha value is -3.42. The first kappa shape index (κ1) is 19.5. The third kappa shape index (κ3) is 4.10. The van der Waals surface area contributed by atoms with Gasteiger partial charge >= 0.3 is 0 Å². The summed E-state index contributed by atoms with van der Waals surface area (Å²) in [5.41, 5.74) is 2.09. The zero-order valence-electron chi connectivity index (χ0n) is 17.4. The quantitative estimate of drug-likeness (QED) is 0.490. The standard InChI is InChI=1S/C23H26N6O2/c30-29(31)19-11-9-18(10-12-19)27-13-15-28(16-14-27)23-25-21-8-4-3-7-20(21)22(26-23)24-17-5-1-2-6-17/h3-4,7-12,17H,1-2,5-6,13-16H2,(H,24,25,26). The van der Waals surface area contributed by atoms with Gasteiger partial charge in [0.15, 0.2) is 0 Å². The van der Waals surface area contributed by atoms with Gasteiger partial charge in [-0.25, -0.2) is 4.98 Å². The van der Waals surface area contributed by atoms with Gasteiger partial charge in [0.1, 0.15) is 5.82 Å². The third-order valence-corrected chi connectivity index (χ3v) is 6.28. The molecule has 0 bridgehead atoms. The highest BCUT2D eigenvalue weighted by molar-refractivity contribution is 5.90. The fraction of sp³-hybridized carbons (Fsp3) is 0.391. The molecule has 1 saturated heterocycles. The average molecular weight is 419 g/mol. The SMILES string of the molecule is O=[N+]([O-])c1ccc(N2CCN(c3nc(NC4CCCC4)c4ccccc4n3)CC2)cc1. The van der Waals surface area contributed by atoms with E-state index in [-0.39, 0.29) is 10.6 Å². The first-order chi connectivity index (χ1) is 15.2. The molecule has 3 aromatic rings. The highest BCUT2D eigenvalue weighted by Gasteiger charge is 2.22. The summed E-state index contributed by atoms with van der Waals surface area (Å²) in [5, 5.41) is 15.6. The van der Waals surface area contributed by atoms with Gasteiger partial charge in [-0.3, -0.25) is 10.1 Å². The van der Waals surface area contributed by atoms with Crippen LogP contribution < -0.4 is 15.1 Å². The lowest BCUT2D eigenvalue weighted by atomic mass is 10.2. The van der Waals surface area contributed by atoms with Gasteiger partial charge in [0.2, 0.25) is 5.95 Å². The number of aromatic nitrogens is 2. The van der Waals surface area contributed by atoms with Crippen molar-refractivity contribution in [2.45, 2.75) is 31.7 Å². The van der Waals surface area contributed by atoms with Gasteiger partial charge in [0.05, 0.1) is 10.4 Å². The molecule has 8 heteroatoms. The molecule has 2 fully saturated rings. The lowest BCUT2D eigenvalue weighted by Crippen LogP contribution is -2.47. The number of hydrogen-bond acceptors (Lipinski definition) is 7. The Labute approximate surface area is 181 Å². The van der Waals surface area contributed by atoms with Gasteiger partial charge in [-0.1, -0.05) is 25.0 Å². The summed E-state index contributed by atoms with van der Waals surface area (Å²) >= 11 is 0. The summed E-state index contributed by atoms with van der Waals surface area (Å²) in [5.74, 6) is 1.70. The number of nitrogens with one attached hydrogen (secondary N) is 1. The van der Waals surface area contributed by atoms with Crippen LogP contribution in [0.4, 0.5) is 23.1 Å². The summed E-state index contributed by atoms with van der Waals surface area (Å²) in [6.45, 7) is 3.25. The van der Waals surface area contributed by atoms with Crippen LogP contribution in [0.3, 0.4) is 0 Å². The van der Waals surface area contributed by atoms with Crippen molar-refractivity contribution in [1.29, 1.82) is 0 Å². The highest BCUT2D eigenvalue weighted by Crippen LogP contribution is 2.28. The van der Waals surface area contributed by atoms with Gasteiger partial charge in [0, 0.05) is 55.4 Å². The molecule has 0 unspecified atom stereocenters. The lowest BCUT2D eigenvalue weighted by Gasteiger charge is -2.36. The Morgan fingerprint density at radius 1 is 0.903 bits per heavy atom. The zero-order chi connectivity index (χ0) is 21.2. The van der Waals surface area contributed by atoms with Crippen molar-refractivity contribution in [3.63, 3.8) is 0 Å². The number of hydrogen-bond donors (Lipinski definition) is 1. The van der Waals surface area contributed by atoms with Crippen molar-refractivity contribution < 1.29 is 4.92 Å². The van der Waals surface area contributed by atoms with Crippen LogP contribution in [0.5, 0.6) is 0 Å². The topological polar surface area (TPSA) is 87.4 Å². The number of anilines is 3. The van der Waals surface area contributed by atoms with Crippen LogP contribution in [0.25, 0.3) is 10.9 Å². The summed E-state index contributed by atoms with van der Waals surface area (Å²) in [6.07, 6.45) is 4.94. The summed E-state index contributed by atoms with van der Waals surface area (Å²) in [6, 6.07) is 15.5. The van der Waals surface area contributed by atoms with E-state index in [1.807, 2.05) is 30.3 Å². The number of fused-ring (bicyclic) bond motifs is 1. The van der Waals surface area contributed by atoms with Crippen LogP contribution in [-0.4, -0.2) is 47.1 Å². The molecule has 0 radical (unpaired) electrons. The molecule has 5 rings (SSSR count). The molecular formula is C23H26N6O2. The van der Waals surface area contributed by atoms with E-state index in [0.29, 0.717) is 6.04 Å². The molecule has 0 spiro atoms. The monoisotopic (exact) mass is 418 g/mol. The minimum Gasteiger partial charge on any atom is -0.368 e. The van der Waals surface area contributed by atoms with E-state index in [9.17, 15) is 10.1 Å². The fourth-order valence-corrected chi connectivity index (χ4v) is 4.53. The number of para-hydroxylation sites is 1. The van der Waals surface area contributed by atoms with Gasteiger partial charge in [0.25, 0.3) is 5.69 Å². The largest absolute Gasteiger partial charge is 0.368 e. The molecule has 1 aromatic heterocycles. The van der Waals surface area contributed by atoms with Crippen molar-refractivity contribution >= 4 is 34.0 Å². The Morgan fingerprint density at radius 3 is 2.29 bits per heavy atom. The molecular weight excluding hydrogens is 392 g/mol. The van der Waals surface area contributed by atoms with E-state index in [2.05, 4.69) is 21.2 Å². The molecule has 2 aliphatic rings. The van der Waals surface area contributed by atoms with E-state index in [1.54, 1.807) is 12.1 Å². The number of benzene rings is 2. The first-order valence-corrected chi connectivity index (χ1v) is 10.9. The van der Waals surface area contributed by atoms with Crippen LogP contribution >= 0.6 is 0 Å². The van der Waals surface area contributed by atoms with Crippen LogP contribution in [-0.2, 0) is 0 Å². The van der Waals surface area contributed by atoms with Crippen LogP contribution in [0.2, 0.25) is 0 Å². The molecule has 2 aromatic carbocycles. The van der Waals surface area contributed by atoms with E-state index in [0.717, 1.165) is 54.5 Å². The second kappa shape index (κ2) is 8.37. The second-order valence-corrected chi connectivity index (χ2v) is 8.26. The van der Waals surface area contributed by atoms with Gasteiger partial charge in [-0.05, 0) is 37.1 Å². The average Bonchev–Trinajstić information content (AvgIpc) is 3.32. The Bertz CT molecular complexity index is 1070. The molecule has 1 N–H and O–H groups in total. The molecule has 1 aliphatic carbocycles. The Balaban J connectivity index is 1.33. The summed E-state index contributed by atoms with van der Waals surface area (Å²) in [4.78, 5) is 24.8. The van der Waals surface area contributed by atoms with Gasteiger partial charge in [-0.15, -0.1) is 0 Å². The van der Waals surface area contributed by atoms with Crippen molar-refractivity contribution in [3.8, 4) is 0 Å². The summed E-state index contributed by atoms with van der Waals surface area (Å²) in [7, 11) is 0. The molecule has 1 aliphatic heterocycles. The number of nitro benzene ring substituents is 1.